The highest BCUT2D eigenvalue weighted by molar-refractivity contribution is 7.80. The summed E-state index contributed by atoms with van der Waals surface area (Å²) in [6, 6.07) is 10.8. The number of nitrogens with one attached hydrogen (secondary N) is 1. The summed E-state index contributed by atoms with van der Waals surface area (Å²) in [5, 5.41) is 2.94. The van der Waals surface area contributed by atoms with Gasteiger partial charge in [0.2, 0.25) is 0 Å². The van der Waals surface area contributed by atoms with Gasteiger partial charge in [-0.25, -0.2) is 0 Å². The summed E-state index contributed by atoms with van der Waals surface area (Å²) in [4.78, 5) is 27.1. The summed E-state index contributed by atoms with van der Waals surface area (Å²) in [6.45, 7) is 5.98. The summed E-state index contributed by atoms with van der Waals surface area (Å²) in [6.07, 6.45) is 3.09. The van der Waals surface area contributed by atoms with Crippen LogP contribution in [0.25, 0.3) is 6.08 Å². The molecule has 0 radical (unpaired) electrons. The van der Waals surface area contributed by atoms with Crippen molar-refractivity contribution in [3.8, 4) is 11.5 Å². The first-order chi connectivity index (χ1) is 15.3. The number of carbonyl (C=O) groups is 2. The van der Waals surface area contributed by atoms with E-state index >= 15 is 0 Å². The topological polar surface area (TPSA) is 67.9 Å². The molecule has 1 aliphatic heterocycles. The van der Waals surface area contributed by atoms with E-state index in [0.717, 1.165) is 18.4 Å². The number of amides is 2. The molecule has 1 heterocycles. The molecule has 0 aliphatic carbocycles. The molecular weight excluding hydrogens is 448 g/mol. The fourth-order valence-corrected chi connectivity index (χ4v) is 3.71. The van der Waals surface area contributed by atoms with Gasteiger partial charge in [0, 0.05) is 0 Å². The molecule has 2 amide bonds. The minimum atomic E-state index is -0.573. The van der Waals surface area contributed by atoms with Crippen molar-refractivity contribution >= 4 is 52.5 Å². The van der Waals surface area contributed by atoms with Gasteiger partial charge in [0.1, 0.15) is 5.57 Å². The van der Waals surface area contributed by atoms with Crippen molar-refractivity contribution in [2.75, 3.05) is 12.0 Å². The molecule has 1 aliphatic rings. The number of methoxy groups -OCH3 is 1. The summed E-state index contributed by atoms with van der Waals surface area (Å²) >= 11 is 11.7. The maximum Gasteiger partial charge on any atom is 0.270 e. The maximum atomic E-state index is 13.2. The van der Waals surface area contributed by atoms with Gasteiger partial charge in [0.15, 0.2) is 16.6 Å². The zero-order valence-electron chi connectivity index (χ0n) is 18.4. The first kappa shape index (κ1) is 23.8. The summed E-state index contributed by atoms with van der Waals surface area (Å²) in [7, 11) is 1.50. The first-order valence-corrected chi connectivity index (χ1v) is 11.1. The number of nitrogens with zero attached hydrogens (tertiary/aromatic N) is 1. The van der Waals surface area contributed by atoms with Gasteiger partial charge >= 0.3 is 0 Å². The van der Waals surface area contributed by atoms with Crippen LogP contribution in [0.15, 0.2) is 42.0 Å². The predicted molar refractivity (Wildman–Crippen MR) is 130 cm³/mol. The SMILES string of the molecule is CCc1ccc(N2C(=O)/C(=C/c3cc(Cl)c(O[C@H](C)CC)c(OC)c3)C(=O)NC2=S)cc1. The zero-order valence-corrected chi connectivity index (χ0v) is 20.0. The minimum Gasteiger partial charge on any atom is -0.493 e. The van der Waals surface area contributed by atoms with Crippen LogP contribution >= 0.6 is 23.8 Å². The predicted octanol–water partition coefficient (Wildman–Crippen LogP) is 4.92. The fourth-order valence-electron chi connectivity index (χ4n) is 3.16. The number of thiocarbonyl (C=S) groups is 1. The van der Waals surface area contributed by atoms with Gasteiger partial charge < -0.3 is 9.47 Å². The van der Waals surface area contributed by atoms with Gasteiger partial charge in [0.05, 0.1) is 23.9 Å². The van der Waals surface area contributed by atoms with Crippen molar-refractivity contribution in [1.82, 2.24) is 5.32 Å². The Hall–Kier alpha value is -2.90. The number of hydrogen-bond donors (Lipinski definition) is 1. The number of ether oxygens (including phenoxy) is 2. The molecule has 0 saturated carbocycles. The zero-order chi connectivity index (χ0) is 23.4. The smallest absolute Gasteiger partial charge is 0.270 e. The van der Waals surface area contributed by atoms with Crippen LogP contribution < -0.4 is 19.7 Å². The number of benzene rings is 2. The van der Waals surface area contributed by atoms with Crippen LogP contribution in [0.4, 0.5) is 5.69 Å². The molecule has 0 aromatic heterocycles. The summed E-state index contributed by atoms with van der Waals surface area (Å²) in [5.41, 5.74) is 2.17. The normalized spacial score (nSPS) is 16.2. The Kier molecular flexibility index (Phi) is 7.53. The van der Waals surface area contributed by atoms with Crippen LogP contribution in [0, 0.1) is 0 Å². The third kappa shape index (κ3) is 4.95. The highest BCUT2D eigenvalue weighted by atomic mass is 35.5. The average molecular weight is 473 g/mol. The monoisotopic (exact) mass is 472 g/mol. The van der Waals surface area contributed by atoms with Gasteiger partial charge in [-0.1, -0.05) is 37.6 Å². The average Bonchev–Trinajstić information content (AvgIpc) is 2.78. The van der Waals surface area contributed by atoms with Crippen molar-refractivity contribution in [3.63, 3.8) is 0 Å². The van der Waals surface area contributed by atoms with Crippen LogP contribution in [0.5, 0.6) is 11.5 Å². The molecule has 1 saturated heterocycles. The van der Waals surface area contributed by atoms with Crippen LogP contribution in [0.2, 0.25) is 5.02 Å². The molecule has 1 fully saturated rings. The van der Waals surface area contributed by atoms with Crippen molar-refractivity contribution in [3.05, 3.63) is 58.1 Å². The van der Waals surface area contributed by atoms with E-state index in [1.165, 1.54) is 18.1 Å². The third-order valence-corrected chi connectivity index (χ3v) is 5.73. The molecule has 0 unspecified atom stereocenters. The maximum absolute atomic E-state index is 13.2. The largest absolute Gasteiger partial charge is 0.493 e. The molecule has 0 spiro atoms. The van der Waals surface area contributed by atoms with E-state index in [9.17, 15) is 9.59 Å². The van der Waals surface area contributed by atoms with Gasteiger partial charge in [-0.3, -0.25) is 19.8 Å². The molecule has 2 aromatic rings. The van der Waals surface area contributed by atoms with Gasteiger partial charge in [-0.2, -0.15) is 0 Å². The summed E-state index contributed by atoms with van der Waals surface area (Å²) < 4.78 is 11.3. The molecule has 3 rings (SSSR count). The Morgan fingerprint density at radius 3 is 2.47 bits per heavy atom. The lowest BCUT2D eigenvalue weighted by atomic mass is 10.1. The number of aryl methyl sites for hydroxylation is 1. The van der Waals surface area contributed by atoms with Crippen LogP contribution in [0.1, 0.15) is 38.3 Å². The Labute approximate surface area is 198 Å². The fraction of sp³-hybridized carbons (Fsp3) is 0.292. The molecule has 168 valence electrons. The number of anilines is 1. The number of rotatable bonds is 7. The lowest BCUT2D eigenvalue weighted by Gasteiger charge is -2.29. The van der Waals surface area contributed by atoms with Crippen LogP contribution in [-0.4, -0.2) is 30.1 Å². The van der Waals surface area contributed by atoms with E-state index in [4.69, 9.17) is 33.3 Å². The highest BCUT2D eigenvalue weighted by Crippen LogP contribution is 2.38. The Balaban J connectivity index is 1.99. The van der Waals surface area contributed by atoms with Gasteiger partial charge in [0.25, 0.3) is 11.8 Å². The Bertz CT molecular complexity index is 1080. The molecule has 6 nitrogen and oxygen atoms in total. The highest BCUT2D eigenvalue weighted by Gasteiger charge is 2.34. The quantitative estimate of drug-likeness (QED) is 0.352. The third-order valence-electron chi connectivity index (χ3n) is 5.16. The van der Waals surface area contributed by atoms with Crippen molar-refractivity contribution in [1.29, 1.82) is 0 Å². The van der Waals surface area contributed by atoms with Gasteiger partial charge in [-0.05, 0) is 73.5 Å². The number of hydrogen-bond acceptors (Lipinski definition) is 5. The first-order valence-electron chi connectivity index (χ1n) is 10.3. The van der Waals surface area contributed by atoms with Gasteiger partial charge in [-0.15, -0.1) is 0 Å². The van der Waals surface area contributed by atoms with E-state index in [1.807, 2.05) is 32.9 Å². The molecule has 32 heavy (non-hydrogen) atoms. The molecule has 1 N–H and O–H groups in total. The second kappa shape index (κ2) is 10.1. The van der Waals surface area contributed by atoms with E-state index in [-0.39, 0.29) is 16.8 Å². The minimum absolute atomic E-state index is 0.0364. The van der Waals surface area contributed by atoms with E-state index in [2.05, 4.69) is 5.32 Å². The standard InChI is InChI=1S/C24H25ClN2O4S/c1-5-14(3)31-21-19(25)12-16(13-20(21)30-4)11-18-22(28)26-24(32)27(23(18)29)17-9-7-15(6-2)8-10-17/h7-14H,5-6H2,1-4H3,(H,26,28,32)/b18-11+/t14-/m1/s1. The second-order valence-corrected chi connectivity index (χ2v) is 8.14. The second-order valence-electron chi connectivity index (χ2n) is 7.35. The molecule has 1 atom stereocenters. The van der Waals surface area contributed by atoms with Crippen LogP contribution in [-0.2, 0) is 16.0 Å². The molecule has 2 aromatic carbocycles. The van der Waals surface area contributed by atoms with Crippen molar-refractivity contribution < 1.29 is 19.1 Å². The molecule has 8 heteroatoms. The number of halogens is 1. The van der Waals surface area contributed by atoms with Crippen LogP contribution in [0.3, 0.4) is 0 Å². The van der Waals surface area contributed by atoms with E-state index < -0.39 is 11.8 Å². The van der Waals surface area contributed by atoms with E-state index in [1.54, 1.807) is 24.3 Å². The lowest BCUT2D eigenvalue weighted by molar-refractivity contribution is -0.122. The van der Waals surface area contributed by atoms with Crippen molar-refractivity contribution in [2.45, 2.75) is 39.7 Å². The number of carbonyl (C=O) groups excluding carboxylic acids is 2. The molecular formula is C24H25ClN2O4S. The Morgan fingerprint density at radius 2 is 1.88 bits per heavy atom. The Morgan fingerprint density at radius 1 is 1.19 bits per heavy atom. The van der Waals surface area contributed by atoms with Crippen molar-refractivity contribution in [2.24, 2.45) is 0 Å². The molecule has 0 bridgehead atoms. The summed E-state index contributed by atoms with van der Waals surface area (Å²) in [5.74, 6) is -0.255. The lowest BCUT2D eigenvalue weighted by Crippen LogP contribution is -2.54. The van der Waals surface area contributed by atoms with E-state index in [0.29, 0.717) is 27.8 Å².